The van der Waals surface area contributed by atoms with Crippen LogP contribution in [0.25, 0.3) is 0 Å². The summed E-state index contributed by atoms with van der Waals surface area (Å²) >= 11 is 0. The number of hydrogen-bond donors (Lipinski definition) is 3. The Balaban J connectivity index is 1.88. The van der Waals surface area contributed by atoms with Crippen LogP contribution in [0.5, 0.6) is 0 Å². The first-order chi connectivity index (χ1) is 8.60. The minimum atomic E-state index is -1.09. The van der Waals surface area contributed by atoms with Gasteiger partial charge in [-0.3, -0.25) is 4.79 Å². The Hall–Kier alpha value is -0.650. The van der Waals surface area contributed by atoms with E-state index in [0.29, 0.717) is 12.1 Å². The Morgan fingerprint density at radius 2 is 2.22 bits per heavy atom. The lowest BCUT2D eigenvalue weighted by atomic mass is 9.60. The average molecular weight is 256 g/mol. The Morgan fingerprint density at radius 3 is 2.78 bits per heavy atom. The molecule has 0 heterocycles. The summed E-state index contributed by atoms with van der Waals surface area (Å²) in [6.45, 7) is 3.03. The molecule has 4 N–H and O–H groups in total. The Morgan fingerprint density at radius 1 is 1.56 bits per heavy atom. The van der Waals surface area contributed by atoms with Gasteiger partial charge in [0, 0.05) is 24.6 Å². The summed E-state index contributed by atoms with van der Waals surface area (Å²) in [6, 6.07) is 0.352. The monoisotopic (exact) mass is 256 g/mol. The summed E-state index contributed by atoms with van der Waals surface area (Å²) in [5, 5.41) is 12.7. The number of ether oxygens (including phenoxy) is 1. The maximum Gasteiger partial charge on any atom is 0.247 e. The van der Waals surface area contributed by atoms with Crippen molar-refractivity contribution in [2.24, 2.45) is 11.1 Å². The highest BCUT2D eigenvalue weighted by Crippen LogP contribution is 2.54. The summed E-state index contributed by atoms with van der Waals surface area (Å²) in [4.78, 5) is 10.8. The molecule has 0 aliphatic heterocycles. The van der Waals surface area contributed by atoms with Gasteiger partial charge in [-0.1, -0.05) is 12.8 Å². The summed E-state index contributed by atoms with van der Waals surface area (Å²) in [7, 11) is 0. The number of hydrogen-bond acceptors (Lipinski definition) is 4. The van der Waals surface area contributed by atoms with E-state index in [-0.39, 0.29) is 12.0 Å². The van der Waals surface area contributed by atoms with Gasteiger partial charge in [0.1, 0.15) is 6.10 Å². The average Bonchev–Trinajstić information content (AvgIpc) is 2.84. The van der Waals surface area contributed by atoms with Crippen LogP contribution < -0.4 is 11.1 Å². The molecule has 2 aliphatic rings. The third kappa shape index (κ3) is 2.39. The minimum absolute atomic E-state index is 0.230. The second-order valence-electron chi connectivity index (χ2n) is 5.50. The van der Waals surface area contributed by atoms with E-state index in [0.717, 1.165) is 13.0 Å². The number of nitrogens with one attached hydrogen (secondary N) is 1. The molecule has 18 heavy (non-hydrogen) atoms. The largest absolute Gasteiger partial charge is 0.382 e. The molecule has 5 nitrogen and oxygen atoms in total. The maximum absolute atomic E-state index is 10.8. The fourth-order valence-corrected chi connectivity index (χ4v) is 3.53. The lowest BCUT2D eigenvalue weighted by Gasteiger charge is -2.54. The second kappa shape index (κ2) is 5.55. The zero-order chi connectivity index (χ0) is 13.2. The van der Waals surface area contributed by atoms with Crippen LogP contribution in [0, 0.1) is 5.41 Å². The van der Waals surface area contributed by atoms with Crippen molar-refractivity contribution >= 4 is 5.91 Å². The van der Waals surface area contributed by atoms with Crippen molar-refractivity contribution in [2.75, 3.05) is 13.2 Å². The van der Waals surface area contributed by atoms with E-state index in [1.165, 1.54) is 25.7 Å². The zero-order valence-electron chi connectivity index (χ0n) is 11.0. The first kappa shape index (κ1) is 13.8. The van der Waals surface area contributed by atoms with Gasteiger partial charge >= 0.3 is 0 Å². The highest BCUT2D eigenvalue weighted by Gasteiger charge is 2.56. The van der Waals surface area contributed by atoms with Gasteiger partial charge in [-0.15, -0.1) is 0 Å². The topological polar surface area (TPSA) is 84.6 Å². The number of primary amides is 1. The van der Waals surface area contributed by atoms with E-state index < -0.39 is 12.0 Å². The van der Waals surface area contributed by atoms with Gasteiger partial charge in [-0.25, -0.2) is 0 Å². The van der Waals surface area contributed by atoms with E-state index in [4.69, 9.17) is 10.5 Å². The van der Waals surface area contributed by atoms with E-state index in [9.17, 15) is 9.90 Å². The highest BCUT2D eigenvalue weighted by atomic mass is 16.5. The van der Waals surface area contributed by atoms with Gasteiger partial charge in [-0.2, -0.15) is 0 Å². The molecule has 2 saturated carbocycles. The van der Waals surface area contributed by atoms with Crippen LogP contribution in [-0.4, -0.2) is 42.4 Å². The molecule has 2 rings (SSSR count). The molecule has 3 atom stereocenters. The number of carbonyl (C=O) groups excluding carboxylic acids is 1. The predicted octanol–water partition coefficient (Wildman–Crippen LogP) is 0.160. The van der Waals surface area contributed by atoms with Crippen LogP contribution in [0.4, 0.5) is 0 Å². The van der Waals surface area contributed by atoms with Crippen molar-refractivity contribution in [3.63, 3.8) is 0 Å². The number of amides is 1. The first-order valence-electron chi connectivity index (χ1n) is 6.92. The second-order valence-corrected chi connectivity index (χ2v) is 5.50. The Kier molecular flexibility index (Phi) is 4.25. The van der Waals surface area contributed by atoms with E-state index in [2.05, 4.69) is 5.32 Å². The van der Waals surface area contributed by atoms with Gasteiger partial charge in [0.2, 0.25) is 5.91 Å². The highest BCUT2D eigenvalue weighted by molar-refractivity contribution is 5.78. The first-order valence-corrected chi connectivity index (χ1v) is 6.92. The Bertz CT molecular complexity index is 303. The van der Waals surface area contributed by atoms with Gasteiger partial charge in [0.25, 0.3) is 0 Å². The number of aliphatic hydroxyl groups excluding tert-OH is 1. The number of nitrogens with two attached hydrogens (primary N) is 1. The normalized spacial score (nSPS) is 31.2. The van der Waals surface area contributed by atoms with Crippen LogP contribution in [-0.2, 0) is 9.53 Å². The summed E-state index contributed by atoms with van der Waals surface area (Å²) in [6.07, 6.45) is 5.09. The standard InChI is InChI=1S/C13H24N2O3/c1-2-18-11-7-10(13(11)5-3-4-6-13)15-8-9(16)12(14)17/h9-11,15-16H,2-8H2,1H3,(H2,14,17). The zero-order valence-corrected chi connectivity index (χ0v) is 11.0. The molecule has 1 amide bonds. The fraction of sp³-hybridized carbons (Fsp3) is 0.923. The van der Waals surface area contributed by atoms with Crippen molar-refractivity contribution in [3.8, 4) is 0 Å². The van der Waals surface area contributed by atoms with Crippen LogP contribution in [0.2, 0.25) is 0 Å². The van der Waals surface area contributed by atoms with Crippen molar-refractivity contribution in [3.05, 3.63) is 0 Å². The van der Waals surface area contributed by atoms with Gasteiger partial charge in [-0.05, 0) is 26.2 Å². The number of rotatable bonds is 6. The van der Waals surface area contributed by atoms with Crippen molar-refractivity contribution in [1.82, 2.24) is 5.32 Å². The molecule has 2 aliphatic carbocycles. The third-order valence-electron chi connectivity index (χ3n) is 4.57. The number of aliphatic hydroxyl groups is 1. The summed E-state index contributed by atoms with van der Waals surface area (Å²) < 4.78 is 5.81. The molecule has 0 bridgehead atoms. The minimum Gasteiger partial charge on any atom is -0.382 e. The molecular weight excluding hydrogens is 232 g/mol. The summed E-state index contributed by atoms with van der Waals surface area (Å²) in [5.41, 5.74) is 5.28. The molecule has 3 unspecified atom stereocenters. The molecule has 5 heteroatoms. The lowest BCUT2D eigenvalue weighted by Crippen LogP contribution is -2.63. The molecule has 2 fully saturated rings. The lowest BCUT2D eigenvalue weighted by molar-refractivity contribution is -0.135. The van der Waals surface area contributed by atoms with Crippen molar-refractivity contribution < 1.29 is 14.6 Å². The van der Waals surface area contributed by atoms with Crippen LogP contribution in [0.1, 0.15) is 39.0 Å². The fourth-order valence-electron chi connectivity index (χ4n) is 3.53. The quantitative estimate of drug-likeness (QED) is 0.632. The SMILES string of the molecule is CCOC1CC(NCC(O)C(N)=O)C12CCCC2. The molecule has 0 aromatic carbocycles. The predicted molar refractivity (Wildman–Crippen MR) is 67.9 cm³/mol. The van der Waals surface area contributed by atoms with Crippen LogP contribution >= 0.6 is 0 Å². The van der Waals surface area contributed by atoms with Gasteiger partial charge < -0.3 is 20.9 Å². The van der Waals surface area contributed by atoms with E-state index in [1.807, 2.05) is 6.92 Å². The van der Waals surface area contributed by atoms with Crippen molar-refractivity contribution in [2.45, 2.75) is 57.3 Å². The molecule has 1 spiro atoms. The van der Waals surface area contributed by atoms with Crippen LogP contribution in [0.3, 0.4) is 0 Å². The maximum atomic E-state index is 10.8. The molecule has 0 radical (unpaired) electrons. The molecular formula is C13H24N2O3. The van der Waals surface area contributed by atoms with E-state index in [1.54, 1.807) is 0 Å². The summed E-state index contributed by atoms with van der Waals surface area (Å²) in [5.74, 6) is -0.663. The smallest absolute Gasteiger partial charge is 0.247 e. The van der Waals surface area contributed by atoms with Gasteiger partial charge in [0.15, 0.2) is 0 Å². The molecule has 0 aromatic heterocycles. The Labute approximate surface area is 108 Å². The van der Waals surface area contributed by atoms with Crippen LogP contribution in [0.15, 0.2) is 0 Å². The molecule has 0 aromatic rings. The van der Waals surface area contributed by atoms with E-state index >= 15 is 0 Å². The number of carbonyl (C=O) groups is 1. The molecule has 0 saturated heterocycles. The molecule has 104 valence electrons. The van der Waals surface area contributed by atoms with Crippen molar-refractivity contribution in [1.29, 1.82) is 0 Å². The van der Waals surface area contributed by atoms with Gasteiger partial charge in [0.05, 0.1) is 6.10 Å². The third-order valence-corrected chi connectivity index (χ3v) is 4.57.